The van der Waals surface area contributed by atoms with Crippen LogP contribution in [0.25, 0.3) is 10.9 Å². The Kier molecular flexibility index (Phi) is 7.90. The first-order valence-corrected chi connectivity index (χ1v) is 12.1. The van der Waals surface area contributed by atoms with E-state index in [0.29, 0.717) is 12.0 Å². The summed E-state index contributed by atoms with van der Waals surface area (Å²) in [5.74, 6) is 2.36. The van der Waals surface area contributed by atoms with Crippen molar-refractivity contribution in [3.05, 3.63) is 64.2 Å². The fraction of sp³-hybridized carbons (Fsp3) is 0.462. The second-order valence-corrected chi connectivity index (χ2v) is 9.38. The van der Waals surface area contributed by atoms with Gasteiger partial charge in [-0.15, -0.1) is 0 Å². The van der Waals surface area contributed by atoms with Crippen LogP contribution in [0.3, 0.4) is 0 Å². The first-order chi connectivity index (χ1) is 16.5. The number of aryl methyl sites for hydroxylation is 1. The SMILES string of the molecule is CN(C)c1nc(NC2CCC(CNCCCc3ccc([N+](=O)[O-])cc3)CC2)nc2ccccc12. The minimum absolute atomic E-state index is 0.150. The third-order valence-corrected chi connectivity index (χ3v) is 6.59. The van der Waals surface area contributed by atoms with E-state index in [4.69, 9.17) is 9.97 Å². The zero-order chi connectivity index (χ0) is 23.9. The normalized spacial score (nSPS) is 18.1. The van der Waals surface area contributed by atoms with Gasteiger partial charge in [-0.2, -0.15) is 4.98 Å². The molecule has 1 heterocycles. The standard InChI is InChI=1S/C26H34N6O2/c1-31(2)25-23-7-3-4-8-24(23)29-26(30-25)28-21-13-9-20(10-14-21)18-27-17-5-6-19-11-15-22(16-12-19)32(33)34/h3-4,7-8,11-12,15-16,20-21,27H,5-6,9-10,13-14,17-18H2,1-2H3,(H,28,29,30). The number of non-ortho nitro benzene ring substituents is 1. The number of nitrogens with one attached hydrogen (secondary N) is 2. The number of nitro benzene ring substituents is 1. The van der Waals surface area contributed by atoms with Gasteiger partial charge < -0.3 is 15.5 Å². The van der Waals surface area contributed by atoms with Gasteiger partial charge in [0.15, 0.2) is 0 Å². The van der Waals surface area contributed by atoms with Crippen LogP contribution in [0.15, 0.2) is 48.5 Å². The van der Waals surface area contributed by atoms with E-state index in [9.17, 15) is 10.1 Å². The van der Waals surface area contributed by atoms with Gasteiger partial charge >= 0.3 is 0 Å². The second-order valence-electron chi connectivity index (χ2n) is 9.38. The maximum absolute atomic E-state index is 10.7. The average molecular weight is 463 g/mol. The minimum Gasteiger partial charge on any atom is -0.362 e. The van der Waals surface area contributed by atoms with Gasteiger partial charge in [-0.1, -0.05) is 24.3 Å². The molecular weight excluding hydrogens is 428 g/mol. The molecule has 1 fully saturated rings. The predicted octanol–water partition coefficient (Wildman–Crippen LogP) is 4.80. The highest BCUT2D eigenvalue weighted by atomic mass is 16.6. The van der Waals surface area contributed by atoms with Crippen molar-refractivity contribution in [2.45, 2.75) is 44.6 Å². The summed E-state index contributed by atoms with van der Waals surface area (Å²) in [6, 6.07) is 15.4. The zero-order valence-electron chi connectivity index (χ0n) is 20.0. The van der Waals surface area contributed by atoms with Gasteiger partial charge in [0, 0.05) is 37.7 Å². The lowest BCUT2D eigenvalue weighted by Gasteiger charge is -2.29. The molecule has 2 N–H and O–H groups in total. The van der Waals surface area contributed by atoms with E-state index in [-0.39, 0.29) is 10.6 Å². The first kappa shape index (κ1) is 23.9. The first-order valence-electron chi connectivity index (χ1n) is 12.1. The largest absolute Gasteiger partial charge is 0.362 e. The number of rotatable bonds is 10. The van der Waals surface area contributed by atoms with Gasteiger partial charge in [0.05, 0.1) is 10.4 Å². The smallest absolute Gasteiger partial charge is 0.269 e. The predicted molar refractivity (Wildman–Crippen MR) is 138 cm³/mol. The Hall–Kier alpha value is -3.26. The number of aromatic nitrogens is 2. The molecule has 1 saturated carbocycles. The Morgan fingerprint density at radius 2 is 1.76 bits per heavy atom. The summed E-state index contributed by atoms with van der Waals surface area (Å²) in [5, 5.41) is 19.0. The average Bonchev–Trinajstić information content (AvgIpc) is 2.84. The number of para-hydroxylation sites is 1. The van der Waals surface area contributed by atoms with Crippen LogP contribution in [0.2, 0.25) is 0 Å². The van der Waals surface area contributed by atoms with Crippen molar-refractivity contribution in [2.24, 2.45) is 5.92 Å². The molecule has 0 saturated heterocycles. The number of fused-ring (bicyclic) bond motifs is 1. The van der Waals surface area contributed by atoms with Crippen LogP contribution in [-0.4, -0.2) is 48.1 Å². The number of benzene rings is 2. The van der Waals surface area contributed by atoms with Crippen LogP contribution >= 0.6 is 0 Å². The molecule has 34 heavy (non-hydrogen) atoms. The molecule has 0 atom stereocenters. The lowest BCUT2D eigenvalue weighted by molar-refractivity contribution is -0.384. The van der Waals surface area contributed by atoms with E-state index in [0.717, 1.165) is 67.0 Å². The van der Waals surface area contributed by atoms with Gasteiger partial charge in [0.25, 0.3) is 5.69 Å². The van der Waals surface area contributed by atoms with Crippen molar-refractivity contribution >= 4 is 28.4 Å². The molecule has 1 aliphatic rings. The fourth-order valence-electron chi connectivity index (χ4n) is 4.67. The molecule has 3 aromatic rings. The van der Waals surface area contributed by atoms with E-state index in [1.807, 2.05) is 49.3 Å². The van der Waals surface area contributed by atoms with Crippen LogP contribution in [0.5, 0.6) is 0 Å². The second kappa shape index (κ2) is 11.2. The number of nitrogens with zero attached hydrogens (tertiary/aromatic N) is 4. The zero-order valence-corrected chi connectivity index (χ0v) is 20.0. The molecular formula is C26H34N6O2. The molecule has 8 heteroatoms. The maximum atomic E-state index is 10.7. The molecule has 0 aliphatic heterocycles. The van der Waals surface area contributed by atoms with Crippen LogP contribution in [0.1, 0.15) is 37.7 Å². The molecule has 0 unspecified atom stereocenters. The highest BCUT2D eigenvalue weighted by Crippen LogP contribution is 2.28. The molecule has 0 radical (unpaired) electrons. The molecule has 2 aromatic carbocycles. The van der Waals surface area contributed by atoms with Crippen molar-refractivity contribution in [1.29, 1.82) is 0 Å². The van der Waals surface area contributed by atoms with Crippen molar-refractivity contribution in [3.8, 4) is 0 Å². The number of hydrogen-bond acceptors (Lipinski definition) is 7. The third-order valence-electron chi connectivity index (χ3n) is 6.59. The Morgan fingerprint density at radius 3 is 2.47 bits per heavy atom. The Balaban J connectivity index is 1.18. The lowest BCUT2D eigenvalue weighted by Crippen LogP contribution is -2.32. The molecule has 1 aromatic heterocycles. The van der Waals surface area contributed by atoms with Crippen LogP contribution in [0.4, 0.5) is 17.5 Å². The minimum atomic E-state index is -0.356. The van der Waals surface area contributed by atoms with E-state index >= 15 is 0 Å². The van der Waals surface area contributed by atoms with Crippen molar-refractivity contribution in [3.63, 3.8) is 0 Å². The molecule has 180 valence electrons. The van der Waals surface area contributed by atoms with Gasteiger partial charge in [-0.3, -0.25) is 10.1 Å². The van der Waals surface area contributed by atoms with Crippen LogP contribution < -0.4 is 15.5 Å². The van der Waals surface area contributed by atoms with E-state index in [2.05, 4.69) is 16.7 Å². The van der Waals surface area contributed by atoms with E-state index in [1.54, 1.807) is 12.1 Å². The Bertz CT molecular complexity index is 1090. The maximum Gasteiger partial charge on any atom is 0.269 e. The third kappa shape index (κ3) is 6.20. The summed E-state index contributed by atoms with van der Waals surface area (Å²) in [4.78, 5) is 22.0. The summed E-state index contributed by atoms with van der Waals surface area (Å²) >= 11 is 0. The number of nitro groups is 1. The van der Waals surface area contributed by atoms with Gasteiger partial charge in [0.1, 0.15) is 5.82 Å². The lowest BCUT2D eigenvalue weighted by atomic mass is 9.86. The molecule has 0 amide bonds. The van der Waals surface area contributed by atoms with Gasteiger partial charge in [0.2, 0.25) is 5.95 Å². The van der Waals surface area contributed by atoms with Crippen LogP contribution in [0, 0.1) is 16.0 Å². The molecule has 1 aliphatic carbocycles. The molecule has 4 rings (SSSR count). The monoisotopic (exact) mass is 462 g/mol. The summed E-state index contributed by atoms with van der Waals surface area (Å²) < 4.78 is 0. The van der Waals surface area contributed by atoms with E-state index < -0.39 is 0 Å². The Labute approximate surface area is 200 Å². The summed E-state index contributed by atoms with van der Waals surface area (Å²) in [6.07, 6.45) is 6.61. The number of anilines is 2. The van der Waals surface area contributed by atoms with Crippen molar-refractivity contribution in [2.75, 3.05) is 37.4 Å². The highest BCUT2D eigenvalue weighted by molar-refractivity contribution is 5.90. The van der Waals surface area contributed by atoms with Gasteiger partial charge in [-0.25, -0.2) is 4.98 Å². The van der Waals surface area contributed by atoms with Crippen molar-refractivity contribution < 1.29 is 4.92 Å². The Morgan fingerprint density at radius 1 is 1.03 bits per heavy atom. The highest BCUT2D eigenvalue weighted by Gasteiger charge is 2.22. The molecule has 0 spiro atoms. The fourth-order valence-corrected chi connectivity index (χ4v) is 4.67. The van der Waals surface area contributed by atoms with Crippen LogP contribution in [-0.2, 0) is 6.42 Å². The summed E-state index contributed by atoms with van der Waals surface area (Å²) in [6.45, 7) is 2.01. The summed E-state index contributed by atoms with van der Waals surface area (Å²) in [7, 11) is 4.03. The molecule has 0 bridgehead atoms. The topological polar surface area (TPSA) is 96.2 Å². The quantitative estimate of drug-likeness (QED) is 0.254. The van der Waals surface area contributed by atoms with E-state index in [1.165, 1.54) is 12.8 Å². The molecule has 8 nitrogen and oxygen atoms in total. The van der Waals surface area contributed by atoms with Crippen molar-refractivity contribution in [1.82, 2.24) is 15.3 Å². The number of hydrogen-bond donors (Lipinski definition) is 2. The van der Waals surface area contributed by atoms with Gasteiger partial charge in [-0.05, 0) is 75.2 Å². The summed E-state index contributed by atoms with van der Waals surface area (Å²) in [5.41, 5.74) is 2.26.